The summed E-state index contributed by atoms with van der Waals surface area (Å²) in [6.45, 7) is 13.5. The number of rotatable bonds is 6. The van der Waals surface area contributed by atoms with Gasteiger partial charge in [0.15, 0.2) is 5.96 Å². The van der Waals surface area contributed by atoms with E-state index in [1.807, 2.05) is 25.7 Å². The number of likely N-dealkylation sites (tertiary alicyclic amines) is 1. The molecule has 1 fully saturated rings. The van der Waals surface area contributed by atoms with Crippen LogP contribution in [-0.2, 0) is 4.74 Å². The molecule has 1 aliphatic rings. The molecule has 0 spiro atoms. The van der Waals surface area contributed by atoms with E-state index in [0.717, 1.165) is 45.0 Å². The predicted octanol–water partition coefficient (Wildman–Crippen LogP) is 3.23. The van der Waals surface area contributed by atoms with Crippen molar-refractivity contribution in [3.05, 3.63) is 0 Å². The van der Waals surface area contributed by atoms with Crippen molar-refractivity contribution in [2.24, 2.45) is 16.8 Å². The molecule has 0 aromatic carbocycles. The Kier molecular flexibility index (Phi) is 9.08. The third kappa shape index (κ3) is 8.45. The zero-order chi connectivity index (χ0) is 18.9. The normalized spacial score (nSPS) is 19.1. The van der Waals surface area contributed by atoms with Gasteiger partial charge in [0.25, 0.3) is 0 Å². The highest BCUT2D eigenvalue weighted by Gasteiger charge is 2.27. The summed E-state index contributed by atoms with van der Waals surface area (Å²) in [6, 6.07) is 0. The molecule has 6 nitrogen and oxygen atoms in total. The molecule has 1 unspecified atom stereocenters. The van der Waals surface area contributed by atoms with Crippen molar-refractivity contribution >= 4 is 12.1 Å². The van der Waals surface area contributed by atoms with E-state index in [0.29, 0.717) is 11.8 Å². The first-order valence-corrected chi connectivity index (χ1v) is 9.71. The van der Waals surface area contributed by atoms with E-state index in [9.17, 15) is 4.79 Å². The average Bonchev–Trinajstić information content (AvgIpc) is 2.57. The first kappa shape index (κ1) is 21.6. The smallest absolute Gasteiger partial charge is 0.410 e. The first-order chi connectivity index (χ1) is 11.8. The minimum atomic E-state index is -0.441. The summed E-state index contributed by atoms with van der Waals surface area (Å²) in [5, 5.41) is 6.82. The fraction of sp³-hybridized carbons (Fsp3) is 0.895. The fourth-order valence-electron chi connectivity index (χ4n) is 3.00. The van der Waals surface area contributed by atoms with Gasteiger partial charge in [0.1, 0.15) is 5.60 Å². The Hall–Kier alpha value is -1.46. The SMILES string of the molecule is CCC(CC)CNC(=NC)NCC1CCCN(C(=O)OC(C)(C)C)C1. The highest BCUT2D eigenvalue weighted by atomic mass is 16.6. The third-order valence-corrected chi connectivity index (χ3v) is 4.67. The van der Waals surface area contributed by atoms with E-state index in [1.165, 1.54) is 12.8 Å². The van der Waals surface area contributed by atoms with Crippen LogP contribution >= 0.6 is 0 Å². The Morgan fingerprint density at radius 2 is 1.96 bits per heavy atom. The molecule has 1 atom stereocenters. The maximum atomic E-state index is 12.2. The predicted molar refractivity (Wildman–Crippen MR) is 104 cm³/mol. The van der Waals surface area contributed by atoms with Gasteiger partial charge in [0.05, 0.1) is 0 Å². The second-order valence-electron chi connectivity index (χ2n) is 7.95. The van der Waals surface area contributed by atoms with Gasteiger partial charge in [-0.1, -0.05) is 26.7 Å². The molecular formula is C19H38N4O2. The molecule has 2 N–H and O–H groups in total. The standard InChI is InChI=1S/C19H38N4O2/c1-7-15(8-2)12-21-17(20-6)22-13-16-10-9-11-23(14-16)18(24)25-19(3,4)5/h15-16H,7-14H2,1-6H3,(H2,20,21,22). The van der Waals surface area contributed by atoms with Crippen LogP contribution in [0.15, 0.2) is 4.99 Å². The van der Waals surface area contributed by atoms with E-state index < -0.39 is 5.60 Å². The second kappa shape index (κ2) is 10.5. The molecule has 0 bridgehead atoms. The summed E-state index contributed by atoms with van der Waals surface area (Å²) < 4.78 is 5.49. The van der Waals surface area contributed by atoms with E-state index in [4.69, 9.17) is 4.74 Å². The molecule has 1 rings (SSSR count). The highest BCUT2D eigenvalue weighted by Crippen LogP contribution is 2.18. The minimum absolute atomic E-state index is 0.201. The Bertz CT molecular complexity index is 428. The first-order valence-electron chi connectivity index (χ1n) is 9.71. The Labute approximate surface area is 153 Å². The number of nitrogens with zero attached hydrogens (tertiary/aromatic N) is 2. The number of amides is 1. The molecule has 0 aromatic rings. The van der Waals surface area contributed by atoms with Gasteiger partial charge < -0.3 is 20.3 Å². The number of guanidine groups is 1. The van der Waals surface area contributed by atoms with Crippen LogP contribution in [0.1, 0.15) is 60.3 Å². The average molecular weight is 355 g/mol. The molecule has 0 radical (unpaired) electrons. The van der Waals surface area contributed by atoms with E-state index in [1.54, 1.807) is 7.05 Å². The second-order valence-corrected chi connectivity index (χ2v) is 7.95. The van der Waals surface area contributed by atoms with Crippen LogP contribution < -0.4 is 10.6 Å². The zero-order valence-corrected chi connectivity index (χ0v) is 17.0. The van der Waals surface area contributed by atoms with Gasteiger partial charge in [-0.2, -0.15) is 0 Å². The van der Waals surface area contributed by atoms with Gasteiger partial charge in [-0.05, 0) is 45.4 Å². The van der Waals surface area contributed by atoms with E-state index >= 15 is 0 Å². The molecule has 6 heteroatoms. The van der Waals surface area contributed by atoms with Crippen LogP contribution in [0, 0.1) is 11.8 Å². The van der Waals surface area contributed by atoms with Gasteiger partial charge in [-0.3, -0.25) is 4.99 Å². The van der Waals surface area contributed by atoms with E-state index in [2.05, 4.69) is 29.5 Å². The lowest BCUT2D eigenvalue weighted by Crippen LogP contribution is -2.47. The van der Waals surface area contributed by atoms with Gasteiger partial charge in [0.2, 0.25) is 0 Å². The number of ether oxygens (including phenoxy) is 1. The minimum Gasteiger partial charge on any atom is -0.444 e. The van der Waals surface area contributed by atoms with Crippen molar-refractivity contribution in [3.8, 4) is 0 Å². The quantitative estimate of drug-likeness (QED) is 0.568. The number of piperidine rings is 1. The highest BCUT2D eigenvalue weighted by molar-refractivity contribution is 5.79. The van der Waals surface area contributed by atoms with Crippen molar-refractivity contribution in [1.82, 2.24) is 15.5 Å². The molecule has 1 aliphatic heterocycles. The van der Waals surface area contributed by atoms with Gasteiger partial charge in [-0.25, -0.2) is 4.79 Å². The Morgan fingerprint density at radius 3 is 2.52 bits per heavy atom. The van der Waals surface area contributed by atoms with Crippen molar-refractivity contribution < 1.29 is 9.53 Å². The summed E-state index contributed by atoms with van der Waals surface area (Å²) in [5.74, 6) is 1.95. The summed E-state index contributed by atoms with van der Waals surface area (Å²) in [7, 11) is 1.80. The largest absolute Gasteiger partial charge is 0.444 e. The Morgan fingerprint density at radius 1 is 1.28 bits per heavy atom. The fourth-order valence-corrected chi connectivity index (χ4v) is 3.00. The molecule has 0 aromatic heterocycles. The molecule has 146 valence electrons. The third-order valence-electron chi connectivity index (χ3n) is 4.67. The maximum absolute atomic E-state index is 12.2. The summed E-state index contributed by atoms with van der Waals surface area (Å²) in [4.78, 5) is 18.4. The Balaban J connectivity index is 2.41. The maximum Gasteiger partial charge on any atom is 0.410 e. The molecule has 0 aliphatic carbocycles. The monoisotopic (exact) mass is 354 g/mol. The van der Waals surface area contributed by atoms with Crippen LogP contribution in [0.2, 0.25) is 0 Å². The lowest BCUT2D eigenvalue weighted by Gasteiger charge is -2.34. The van der Waals surface area contributed by atoms with Crippen LogP contribution in [0.3, 0.4) is 0 Å². The van der Waals surface area contributed by atoms with Crippen LogP contribution in [0.25, 0.3) is 0 Å². The van der Waals surface area contributed by atoms with E-state index in [-0.39, 0.29) is 6.09 Å². The molecular weight excluding hydrogens is 316 g/mol. The van der Waals surface area contributed by atoms with Crippen molar-refractivity contribution in [1.29, 1.82) is 0 Å². The van der Waals surface area contributed by atoms with Gasteiger partial charge in [0, 0.05) is 33.2 Å². The van der Waals surface area contributed by atoms with Crippen LogP contribution in [-0.4, -0.2) is 55.8 Å². The lowest BCUT2D eigenvalue weighted by atomic mass is 9.98. The summed E-state index contributed by atoms with van der Waals surface area (Å²) in [6.07, 6.45) is 4.29. The number of carbonyl (C=O) groups is 1. The summed E-state index contributed by atoms with van der Waals surface area (Å²) >= 11 is 0. The molecule has 1 heterocycles. The molecule has 0 saturated carbocycles. The number of hydrogen-bond acceptors (Lipinski definition) is 3. The van der Waals surface area contributed by atoms with Crippen LogP contribution in [0.4, 0.5) is 4.79 Å². The summed E-state index contributed by atoms with van der Waals surface area (Å²) in [5.41, 5.74) is -0.441. The zero-order valence-electron chi connectivity index (χ0n) is 17.0. The number of hydrogen-bond donors (Lipinski definition) is 2. The molecule has 1 saturated heterocycles. The van der Waals surface area contributed by atoms with Crippen LogP contribution in [0.5, 0.6) is 0 Å². The number of aliphatic imine (C=N–C) groups is 1. The van der Waals surface area contributed by atoms with Gasteiger partial charge in [-0.15, -0.1) is 0 Å². The number of carbonyl (C=O) groups excluding carboxylic acids is 1. The van der Waals surface area contributed by atoms with Crippen molar-refractivity contribution in [2.75, 3.05) is 33.2 Å². The van der Waals surface area contributed by atoms with Crippen molar-refractivity contribution in [2.45, 2.75) is 65.9 Å². The topological polar surface area (TPSA) is 66.0 Å². The molecule has 1 amide bonds. The van der Waals surface area contributed by atoms with Gasteiger partial charge >= 0.3 is 6.09 Å². The molecule has 25 heavy (non-hydrogen) atoms. The number of nitrogens with one attached hydrogen (secondary N) is 2. The van der Waals surface area contributed by atoms with Crippen molar-refractivity contribution in [3.63, 3.8) is 0 Å². The lowest BCUT2D eigenvalue weighted by molar-refractivity contribution is 0.0168.